The molecule has 7 N–H and O–H groups in total. The van der Waals surface area contributed by atoms with Gasteiger partial charge in [-0.05, 0) is 477 Å². The van der Waals surface area contributed by atoms with Crippen LogP contribution in [0.1, 0.15) is 333 Å². The lowest BCUT2D eigenvalue weighted by Crippen LogP contribution is -2.57. The largest absolute Gasteiger partial charge is 0.392 e. The Hall–Kier alpha value is -1.18. The molecule has 0 heterocycles. The lowest BCUT2D eigenvalue weighted by molar-refractivity contribution is -0.209. The van der Waals surface area contributed by atoms with E-state index in [1.54, 1.807) is 20.8 Å². The zero-order valence-corrected chi connectivity index (χ0v) is 83.2. The number of rotatable bonds is 9. The van der Waals surface area contributed by atoms with E-state index in [0.29, 0.717) is 150 Å². The highest BCUT2D eigenvalue weighted by atomic mass is 79.9. The first-order chi connectivity index (χ1) is 59.3. The SMILES string of the molecule is C=C(C)[C@H]1CC[C@H]2[C@@H]3CC(F)(F)[C@@H]4C[C@@](C)(O)CC[C@@H]4[C@H]3CC[C@]12C.C=C(CBr)[C@H]1CC[C@H]2[C@@H]3CC(F)(F)[C@@H]4C[C@@](C)(O)CC[C@@H]4[C@H]3CC[C@]12C.C=C(CBr)[C@H]1CC[C@H]2[C@@H]3C[C@@H](F)[C@@H]4C[C@@](C)(O)CC[C@@H]4[C@H]3CC[C@]12C.C=C(CO)[C@H]1CC[C@H]2[C@@H]3CC(F)(F)[C@@H]4C[C@@](C)(O)CC[C@@H]4[C@H]3CC[C@]12C.C=C(CO)[C@H]1CC[C@H]2[C@@H]3C[C@@H](F)[C@@H]4C[C@@](C)(O)CC[C@@H]4[C@H]3CC[C@]12C. The third-order valence-corrected chi connectivity index (χ3v) is 46.1. The van der Waals surface area contributed by atoms with Crippen LogP contribution in [-0.2, 0) is 0 Å². The van der Waals surface area contributed by atoms with E-state index in [4.69, 9.17) is 0 Å². The molecule has 20 fully saturated rings. The number of halogens is 10. The second-order valence-corrected chi connectivity index (χ2v) is 52.8. The fraction of sp³-hybridized carbons (Fsp3) is 0.909. The summed E-state index contributed by atoms with van der Waals surface area (Å²) in [5, 5.41) is 73.0. The van der Waals surface area contributed by atoms with Gasteiger partial charge in [-0.2, -0.15) is 0 Å². The van der Waals surface area contributed by atoms with E-state index in [9.17, 15) is 35.7 Å². The molecule has 0 unspecified atom stereocenters. The molecule has 0 aromatic heterocycles. The molecule has 20 saturated carbocycles. The van der Waals surface area contributed by atoms with Crippen LogP contribution in [0, 0.1) is 205 Å². The van der Waals surface area contributed by atoms with Crippen LogP contribution in [0.3, 0.4) is 0 Å². The highest BCUT2D eigenvalue weighted by Crippen LogP contribution is 2.75. The van der Waals surface area contributed by atoms with Gasteiger partial charge in [0, 0.05) is 47.7 Å². The van der Waals surface area contributed by atoms with Crippen LogP contribution >= 0.6 is 31.9 Å². The Labute approximate surface area is 778 Å². The van der Waals surface area contributed by atoms with E-state index in [1.807, 2.05) is 13.8 Å². The molecule has 20 aliphatic rings. The van der Waals surface area contributed by atoms with Crippen LogP contribution in [0.15, 0.2) is 60.8 Å². The molecule has 0 amide bonds. The van der Waals surface area contributed by atoms with Gasteiger partial charge in [0.1, 0.15) is 12.3 Å². The first-order valence-electron chi connectivity index (χ1n) is 52.0. The van der Waals surface area contributed by atoms with Crippen molar-refractivity contribution in [3.8, 4) is 0 Å². The molecule has 0 aliphatic heterocycles. The third-order valence-electron chi connectivity index (χ3n) is 44.7. The summed E-state index contributed by atoms with van der Waals surface area (Å²) in [6.45, 7) is 44.1. The van der Waals surface area contributed by atoms with Crippen LogP contribution in [0.5, 0.6) is 0 Å². The Balaban J connectivity index is 0.000000117. The molecule has 0 saturated heterocycles. The Morgan fingerprint density at radius 3 is 0.732 bits per heavy atom. The summed E-state index contributed by atoms with van der Waals surface area (Å²) in [4.78, 5) is 0. The van der Waals surface area contributed by atoms with E-state index < -0.39 is 75.9 Å². The van der Waals surface area contributed by atoms with Gasteiger partial charge < -0.3 is 35.7 Å². The van der Waals surface area contributed by atoms with Crippen molar-refractivity contribution < 1.29 is 70.9 Å². The molecular formula is C110H170Br2F8O7. The highest BCUT2D eigenvalue weighted by Gasteiger charge is 2.70. The summed E-state index contributed by atoms with van der Waals surface area (Å²) in [5.41, 5.74) is 2.55. The Morgan fingerprint density at radius 1 is 0.260 bits per heavy atom. The number of hydrogen-bond donors (Lipinski definition) is 7. The minimum absolute atomic E-state index is 0.00646. The fourth-order valence-corrected chi connectivity index (χ4v) is 39.7. The topological polar surface area (TPSA) is 142 Å². The molecule has 0 bridgehead atoms. The predicted molar refractivity (Wildman–Crippen MR) is 501 cm³/mol. The third kappa shape index (κ3) is 17.7. The maximum absolute atomic E-state index is 15.2. The van der Waals surface area contributed by atoms with E-state index in [1.165, 1.54) is 68.1 Å². The van der Waals surface area contributed by atoms with Crippen molar-refractivity contribution in [1.29, 1.82) is 0 Å². The van der Waals surface area contributed by atoms with E-state index in [2.05, 4.69) is 106 Å². The van der Waals surface area contributed by atoms with Gasteiger partial charge >= 0.3 is 0 Å². The molecule has 722 valence electrons. The van der Waals surface area contributed by atoms with Crippen molar-refractivity contribution in [2.45, 2.75) is 391 Å². The Kier molecular flexibility index (Phi) is 27.7. The minimum atomic E-state index is -2.67. The second kappa shape index (κ2) is 35.6. The maximum Gasteiger partial charge on any atom is 0.251 e. The zero-order chi connectivity index (χ0) is 92.0. The molecule has 0 radical (unpaired) electrons. The Bertz CT molecular complexity index is 3790. The van der Waals surface area contributed by atoms with Gasteiger partial charge in [0.2, 0.25) is 0 Å². The first-order valence-corrected chi connectivity index (χ1v) is 54.2. The number of aliphatic hydroxyl groups is 7. The molecular weight excluding hydrogens is 1740 g/mol. The van der Waals surface area contributed by atoms with Crippen LogP contribution in [-0.4, -0.2) is 118 Å². The van der Waals surface area contributed by atoms with Crippen molar-refractivity contribution in [1.82, 2.24) is 0 Å². The molecule has 17 heteroatoms. The zero-order valence-electron chi connectivity index (χ0n) is 80.0. The minimum Gasteiger partial charge on any atom is -0.392 e. The first kappa shape index (κ1) is 98.9. The monoisotopic (exact) mass is 1910 g/mol. The summed E-state index contributed by atoms with van der Waals surface area (Å²) in [7, 11) is 0. The second-order valence-electron chi connectivity index (χ2n) is 51.7. The summed E-state index contributed by atoms with van der Waals surface area (Å²) in [6, 6.07) is 0. The van der Waals surface area contributed by atoms with Crippen LogP contribution in [0.4, 0.5) is 35.1 Å². The lowest BCUT2D eigenvalue weighted by atomic mass is 9.48. The maximum atomic E-state index is 15.2. The standard InChI is InChI=1S/C22H33BrF2O.C22H34BrFO.C22H34F2O2.C22H34F2O.C22H35FO2/c1-13(12-23)17-4-5-18-16-10-22(24,25)19-11-20(2,26)8-6-15(19)14(16)7-9-21(17,18)3;1-13(12-23)18-4-5-19-16-10-20(24)17-11-21(2,25)8-6-15(17)14(16)7-9-22(18,19)3;1-13(12-25)17-4-5-18-16-10-22(23,24)19-11-20(2,26)8-6-15(19)14(16)7-9-21(17,18)3;1-13(2)17-5-6-18-16-11-22(23,24)19-12-20(3,25)9-7-15(19)14(16)8-10-21(17,18)4;1-13(12-24)18-4-5-19-16-10-20(23)17-11-21(2,25)8-6-15(17)14(16)7-9-22(18,19)3/h14-19,26H,1,4-12H2,2-3H3;14-20,25H,1,4-12H2,2-3H3;14-19,25-26H,1,4-12H2,2-3H3;14-19,25H,1,5-12H2,2-4H3;14-20,24-25H,1,4-12H2,2-3H3/t14-,15-,16-,17-,18+,19-,20+,21-;14-,15-,16-,17-,18-,19+,20-,21+,22-;2*14-,15-,16-,17-,18+,19-,20+,21-;14-,15-,16-,17-,18-,19+,20-,21+,22-/m11111/s1. The highest BCUT2D eigenvalue weighted by molar-refractivity contribution is 9.09. The molecule has 0 spiro atoms. The lowest BCUT2D eigenvalue weighted by Gasteiger charge is -2.58. The molecule has 0 aromatic rings. The van der Waals surface area contributed by atoms with Crippen molar-refractivity contribution >= 4 is 31.9 Å². The van der Waals surface area contributed by atoms with E-state index in [0.717, 1.165) is 150 Å². The van der Waals surface area contributed by atoms with Gasteiger partial charge in [0.15, 0.2) is 0 Å². The van der Waals surface area contributed by atoms with Gasteiger partial charge in [-0.15, -0.1) is 0 Å². The molecule has 20 rings (SSSR count). The van der Waals surface area contributed by atoms with Crippen molar-refractivity contribution in [2.24, 2.45) is 205 Å². The van der Waals surface area contributed by atoms with Crippen molar-refractivity contribution in [3.05, 3.63) is 60.8 Å². The van der Waals surface area contributed by atoms with E-state index in [-0.39, 0.29) is 127 Å². The Morgan fingerprint density at radius 2 is 0.472 bits per heavy atom. The van der Waals surface area contributed by atoms with Gasteiger partial charge in [0.25, 0.3) is 17.8 Å². The van der Waals surface area contributed by atoms with Crippen LogP contribution in [0.2, 0.25) is 0 Å². The number of hydrogen-bond acceptors (Lipinski definition) is 7. The van der Waals surface area contributed by atoms with Gasteiger partial charge in [-0.3, -0.25) is 0 Å². The summed E-state index contributed by atoms with van der Waals surface area (Å²) in [5.74, 6) is 0.430. The number of fused-ring (bicyclic) bond motifs is 25. The summed E-state index contributed by atoms with van der Waals surface area (Å²) < 4.78 is 122. The average Bonchev–Trinajstić information content (AvgIpc) is 1.68. The molecule has 42 atom stereocenters. The van der Waals surface area contributed by atoms with E-state index >= 15 is 35.1 Å². The normalized spacial score (nSPS) is 54.0. The smallest absolute Gasteiger partial charge is 0.251 e. The van der Waals surface area contributed by atoms with Gasteiger partial charge in [-0.1, -0.05) is 116 Å². The fourth-order valence-electron chi connectivity index (χ4n) is 38.9. The van der Waals surface area contributed by atoms with Gasteiger partial charge in [0.05, 0.1) is 41.2 Å². The summed E-state index contributed by atoms with van der Waals surface area (Å²) in [6.07, 6.45) is 32.9. The van der Waals surface area contributed by atoms with Crippen molar-refractivity contribution in [3.63, 3.8) is 0 Å². The molecule has 7 nitrogen and oxygen atoms in total. The number of alkyl halides is 10. The number of aliphatic hydroxyl groups excluding tert-OH is 2. The molecule has 20 aliphatic carbocycles. The predicted octanol–water partition coefficient (Wildman–Crippen LogP) is 27.2. The van der Waals surface area contributed by atoms with Crippen LogP contribution in [0.25, 0.3) is 0 Å². The molecule has 127 heavy (non-hydrogen) atoms. The summed E-state index contributed by atoms with van der Waals surface area (Å²) >= 11 is 7.18. The number of allylic oxidation sites excluding steroid dienone is 3. The average molecular weight is 1920 g/mol. The van der Waals surface area contributed by atoms with Crippen LogP contribution < -0.4 is 0 Å². The molecule has 0 aromatic carbocycles. The van der Waals surface area contributed by atoms with Crippen molar-refractivity contribution in [2.75, 3.05) is 23.9 Å². The quantitative estimate of drug-likeness (QED) is 0.0693. The van der Waals surface area contributed by atoms with Gasteiger partial charge in [-0.25, -0.2) is 35.1 Å².